The molecule has 2 rings (SSSR count). The van der Waals surface area contributed by atoms with Crippen LogP contribution in [-0.2, 0) is 16.0 Å². The number of rotatable bonds is 1. The number of hydrogen-bond donors (Lipinski definition) is 1. The lowest BCUT2D eigenvalue weighted by Gasteiger charge is -2.34. The van der Waals surface area contributed by atoms with Crippen LogP contribution in [0.3, 0.4) is 0 Å². The van der Waals surface area contributed by atoms with E-state index in [0.29, 0.717) is 18.5 Å². The molecular weight excluding hydrogens is 286 g/mol. The first kappa shape index (κ1) is 12.1. The van der Waals surface area contributed by atoms with Crippen LogP contribution in [0.2, 0.25) is 0 Å². The highest BCUT2D eigenvalue weighted by Gasteiger charge is 2.34. The summed E-state index contributed by atoms with van der Waals surface area (Å²) >= 11 is 3.33. The summed E-state index contributed by atoms with van der Waals surface area (Å²) in [6, 6.07) is 4.71. The molecule has 1 atom stereocenters. The molecule has 0 spiro atoms. The zero-order valence-corrected chi connectivity index (χ0v) is 10.9. The minimum Gasteiger partial charge on any atom is -0.479 e. The molecule has 90 valence electrons. The number of halogens is 1. The minimum absolute atomic E-state index is 0.206. The summed E-state index contributed by atoms with van der Waals surface area (Å²) < 4.78 is 0.827. The van der Waals surface area contributed by atoms with E-state index in [0.717, 1.165) is 10.0 Å². The fourth-order valence-electron chi connectivity index (χ4n) is 2.19. The molecule has 1 aromatic rings. The van der Waals surface area contributed by atoms with Crippen molar-refractivity contribution < 1.29 is 14.7 Å². The first-order chi connectivity index (χ1) is 8.00. The maximum absolute atomic E-state index is 11.5. The van der Waals surface area contributed by atoms with Gasteiger partial charge in [0.25, 0.3) is 0 Å². The molecule has 1 unspecified atom stereocenters. The normalized spacial score (nSPS) is 18.7. The van der Waals surface area contributed by atoms with Crippen molar-refractivity contribution in [1.29, 1.82) is 0 Å². The molecule has 1 aliphatic rings. The number of carbonyl (C=O) groups is 2. The van der Waals surface area contributed by atoms with Crippen molar-refractivity contribution in [3.63, 3.8) is 0 Å². The molecule has 0 aliphatic carbocycles. The minimum atomic E-state index is -0.987. The SMILES string of the molecule is CC(=O)N1CCc2ccc(Br)cc2C1C(=O)O. The van der Waals surface area contributed by atoms with Crippen molar-refractivity contribution in [2.24, 2.45) is 0 Å². The summed E-state index contributed by atoms with van der Waals surface area (Å²) in [5.41, 5.74) is 1.70. The van der Waals surface area contributed by atoms with Gasteiger partial charge in [0, 0.05) is 17.9 Å². The van der Waals surface area contributed by atoms with Crippen molar-refractivity contribution >= 4 is 27.8 Å². The Balaban J connectivity index is 2.51. The highest BCUT2D eigenvalue weighted by atomic mass is 79.9. The van der Waals surface area contributed by atoms with Crippen LogP contribution in [0.4, 0.5) is 0 Å². The number of hydrogen-bond acceptors (Lipinski definition) is 2. The van der Waals surface area contributed by atoms with E-state index in [2.05, 4.69) is 15.9 Å². The fraction of sp³-hybridized carbons (Fsp3) is 0.333. The van der Waals surface area contributed by atoms with Crippen LogP contribution in [0.25, 0.3) is 0 Å². The molecule has 1 heterocycles. The second kappa shape index (κ2) is 4.49. The topological polar surface area (TPSA) is 57.6 Å². The number of benzene rings is 1. The van der Waals surface area contributed by atoms with Gasteiger partial charge in [-0.2, -0.15) is 0 Å². The number of carbonyl (C=O) groups excluding carboxylic acids is 1. The van der Waals surface area contributed by atoms with Gasteiger partial charge in [0.1, 0.15) is 0 Å². The number of carboxylic acids is 1. The number of aliphatic carboxylic acids is 1. The monoisotopic (exact) mass is 297 g/mol. The van der Waals surface area contributed by atoms with Crippen molar-refractivity contribution in [2.75, 3.05) is 6.54 Å². The molecule has 1 aromatic carbocycles. The first-order valence-corrected chi connectivity index (χ1v) is 6.08. The van der Waals surface area contributed by atoms with Gasteiger partial charge in [0.15, 0.2) is 6.04 Å². The van der Waals surface area contributed by atoms with Gasteiger partial charge < -0.3 is 10.0 Å². The Bertz CT molecular complexity index is 487. The molecule has 1 aliphatic heterocycles. The summed E-state index contributed by atoms with van der Waals surface area (Å²) in [7, 11) is 0. The maximum Gasteiger partial charge on any atom is 0.331 e. The van der Waals surface area contributed by atoms with Crippen LogP contribution in [0.1, 0.15) is 24.1 Å². The van der Waals surface area contributed by atoms with E-state index in [9.17, 15) is 14.7 Å². The lowest BCUT2D eigenvalue weighted by molar-refractivity contribution is -0.150. The third kappa shape index (κ3) is 2.20. The fourth-order valence-corrected chi connectivity index (χ4v) is 2.57. The van der Waals surface area contributed by atoms with E-state index >= 15 is 0 Å². The lowest BCUT2D eigenvalue weighted by atomic mass is 9.92. The summed E-state index contributed by atoms with van der Waals surface area (Å²) in [4.78, 5) is 24.2. The van der Waals surface area contributed by atoms with Crippen molar-refractivity contribution in [1.82, 2.24) is 4.90 Å². The van der Waals surface area contributed by atoms with Crippen molar-refractivity contribution in [3.8, 4) is 0 Å². The lowest BCUT2D eigenvalue weighted by Crippen LogP contribution is -2.42. The molecule has 0 radical (unpaired) electrons. The third-order valence-corrected chi connectivity index (χ3v) is 3.47. The van der Waals surface area contributed by atoms with Gasteiger partial charge in [0.2, 0.25) is 5.91 Å². The molecule has 0 aromatic heterocycles. The molecule has 0 fully saturated rings. The number of carboxylic acid groups (broad SMARTS) is 1. The molecule has 0 saturated heterocycles. The predicted octanol–water partition coefficient (Wildman–Crippen LogP) is 1.98. The average molecular weight is 298 g/mol. The van der Waals surface area contributed by atoms with Crippen LogP contribution >= 0.6 is 15.9 Å². The summed E-state index contributed by atoms with van der Waals surface area (Å²) in [5.74, 6) is -1.19. The molecule has 1 N–H and O–H groups in total. The Labute approximate surface area is 107 Å². The van der Waals surface area contributed by atoms with E-state index in [4.69, 9.17) is 0 Å². The number of fused-ring (bicyclic) bond motifs is 1. The van der Waals surface area contributed by atoms with E-state index in [1.54, 1.807) is 6.07 Å². The van der Waals surface area contributed by atoms with Crippen LogP contribution in [0.15, 0.2) is 22.7 Å². The Hall–Kier alpha value is -1.36. The van der Waals surface area contributed by atoms with Crippen molar-refractivity contribution in [3.05, 3.63) is 33.8 Å². The van der Waals surface area contributed by atoms with Crippen LogP contribution < -0.4 is 0 Å². The van der Waals surface area contributed by atoms with Gasteiger partial charge in [-0.05, 0) is 29.7 Å². The highest BCUT2D eigenvalue weighted by Crippen LogP contribution is 2.32. The van der Waals surface area contributed by atoms with Gasteiger partial charge in [0.05, 0.1) is 0 Å². The molecule has 4 nitrogen and oxygen atoms in total. The second-order valence-electron chi connectivity index (χ2n) is 4.05. The number of nitrogens with zero attached hydrogens (tertiary/aromatic N) is 1. The van der Waals surface area contributed by atoms with E-state index in [1.807, 2.05) is 12.1 Å². The van der Waals surface area contributed by atoms with Gasteiger partial charge in [-0.15, -0.1) is 0 Å². The van der Waals surface area contributed by atoms with Gasteiger partial charge in [-0.3, -0.25) is 4.79 Å². The Morgan fingerprint density at radius 2 is 2.18 bits per heavy atom. The van der Waals surface area contributed by atoms with Crippen LogP contribution in [0.5, 0.6) is 0 Å². The zero-order valence-electron chi connectivity index (χ0n) is 9.31. The average Bonchev–Trinajstić information content (AvgIpc) is 2.26. The van der Waals surface area contributed by atoms with Gasteiger partial charge in [-0.1, -0.05) is 22.0 Å². The maximum atomic E-state index is 11.5. The van der Waals surface area contributed by atoms with E-state index < -0.39 is 12.0 Å². The largest absolute Gasteiger partial charge is 0.479 e. The highest BCUT2D eigenvalue weighted by molar-refractivity contribution is 9.10. The summed E-state index contributed by atoms with van der Waals surface area (Å²) in [6.07, 6.45) is 0.700. The van der Waals surface area contributed by atoms with E-state index in [-0.39, 0.29) is 5.91 Å². The molecular formula is C12H12BrNO3. The molecule has 5 heteroatoms. The standard InChI is InChI=1S/C12H12BrNO3/c1-7(15)14-5-4-8-2-3-9(13)6-10(8)11(14)12(16)17/h2-3,6,11H,4-5H2,1H3,(H,16,17). The smallest absolute Gasteiger partial charge is 0.331 e. The molecule has 17 heavy (non-hydrogen) atoms. The van der Waals surface area contributed by atoms with E-state index in [1.165, 1.54) is 11.8 Å². The second-order valence-corrected chi connectivity index (χ2v) is 4.96. The predicted molar refractivity (Wildman–Crippen MR) is 65.6 cm³/mol. The zero-order chi connectivity index (χ0) is 12.6. The quantitative estimate of drug-likeness (QED) is 0.862. The molecule has 1 amide bonds. The Morgan fingerprint density at radius 3 is 2.76 bits per heavy atom. The number of amides is 1. The Kier molecular flexibility index (Phi) is 3.19. The Morgan fingerprint density at radius 1 is 1.47 bits per heavy atom. The molecule has 0 saturated carbocycles. The third-order valence-electron chi connectivity index (χ3n) is 2.97. The van der Waals surface area contributed by atoms with Crippen molar-refractivity contribution in [2.45, 2.75) is 19.4 Å². The van der Waals surface area contributed by atoms with Crippen LogP contribution in [-0.4, -0.2) is 28.4 Å². The summed E-state index contributed by atoms with van der Waals surface area (Å²) in [6.45, 7) is 1.86. The first-order valence-electron chi connectivity index (χ1n) is 5.29. The van der Waals surface area contributed by atoms with Gasteiger partial charge in [-0.25, -0.2) is 4.79 Å². The van der Waals surface area contributed by atoms with Crippen LogP contribution in [0, 0.1) is 0 Å². The summed E-state index contributed by atoms with van der Waals surface area (Å²) in [5, 5.41) is 9.29. The van der Waals surface area contributed by atoms with Gasteiger partial charge >= 0.3 is 5.97 Å². The molecule has 0 bridgehead atoms.